The van der Waals surface area contributed by atoms with Crippen molar-refractivity contribution < 1.29 is 17.5 Å². The standard InChI is InChI=1S/CH2ClF2O2P/c2-1-6-7(3,4)5/h1H2. The van der Waals surface area contributed by atoms with Crippen LogP contribution in [-0.2, 0) is 9.09 Å². The molecule has 0 radical (unpaired) electrons. The van der Waals surface area contributed by atoms with E-state index < -0.39 is 14.1 Å². The monoisotopic (exact) mass is 150 g/mol. The second kappa shape index (κ2) is 2.60. The summed E-state index contributed by atoms with van der Waals surface area (Å²) >= 11 is 4.61. The van der Waals surface area contributed by atoms with Crippen LogP contribution in [0, 0.1) is 0 Å². The van der Waals surface area contributed by atoms with Gasteiger partial charge in [-0.25, -0.2) is 4.57 Å². The van der Waals surface area contributed by atoms with Gasteiger partial charge in [-0.1, -0.05) is 11.6 Å². The van der Waals surface area contributed by atoms with E-state index in [1.807, 2.05) is 0 Å². The Labute approximate surface area is 44.1 Å². The zero-order valence-corrected chi connectivity index (χ0v) is 4.76. The third-order valence-corrected chi connectivity index (χ3v) is 0.890. The van der Waals surface area contributed by atoms with E-state index in [4.69, 9.17) is 0 Å². The fourth-order valence-corrected chi connectivity index (χ4v) is 0.511. The molecule has 0 heterocycles. The van der Waals surface area contributed by atoms with Gasteiger partial charge in [0.1, 0.15) is 6.07 Å². The molecule has 7 heavy (non-hydrogen) atoms. The van der Waals surface area contributed by atoms with Gasteiger partial charge in [-0.15, -0.1) is 8.39 Å². The maximum Gasteiger partial charge on any atom is 0.553 e. The minimum Gasteiger partial charge on any atom is -0.264 e. The number of halogens is 3. The summed E-state index contributed by atoms with van der Waals surface area (Å²) in [6.07, 6.45) is 0. The normalized spacial score (nSPS) is 11.9. The smallest absolute Gasteiger partial charge is 0.264 e. The average molecular weight is 150 g/mol. The van der Waals surface area contributed by atoms with E-state index in [-0.39, 0.29) is 0 Å². The van der Waals surface area contributed by atoms with Gasteiger partial charge in [-0.3, -0.25) is 4.52 Å². The first-order valence-electron chi connectivity index (χ1n) is 1.26. The summed E-state index contributed by atoms with van der Waals surface area (Å²) in [5.41, 5.74) is 0. The van der Waals surface area contributed by atoms with Crippen LogP contribution in [0.15, 0.2) is 0 Å². The second-order valence-corrected chi connectivity index (χ2v) is 1.96. The minimum atomic E-state index is -5.30. The van der Waals surface area contributed by atoms with Crippen molar-refractivity contribution in [2.45, 2.75) is 0 Å². The molecule has 0 amide bonds. The number of hydrogen-bond donors (Lipinski definition) is 0. The molecule has 0 aliphatic rings. The number of rotatable bonds is 2. The molecule has 0 unspecified atom stereocenters. The van der Waals surface area contributed by atoms with Crippen LogP contribution in [0.2, 0.25) is 0 Å². The lowest BCUT2D eigenvalue weighted by Crippen LogP contribution is -1.72. The molecule has 44 valence electrons. The zero-order valence-electron chi connectivity index (χ0n) is 3.10. The van der Waals surface area contributed by atoms with Crippen LogP contribution >= 0.6 is 19.6 Å². The molecule has 0 aromatic heterocycles. The quantitative estimate of drug-likeness (QED) is 0.446. The van der Waals surface area contributed by atoms with Crippen LogP contribution in [0.4, 0.5) is 8.39 Å². The first kappa shape index (κ1) is 7.34. The Hall–Kier alpha value is 0.340. The summed E-state index contributed by atoms with van der Waals surface area (Å²) in [5, 5.41) is 0. The molecular weight excluding hydrogens is 148 g/mol. The van der Waals surface area contributed by atoms with Crippen LogP contribution in [0.1, 0.15) is 0 Å². The molecular formula is CH2ClF2O2P. The molecule has 0 aromatic rings. The maximum atomic E-state index is 11.0. The highest BCUT2D eigenvalue weighted by molar-refractivity contribution is 7.47. The van der Waals surface area contributed by atoms with Crippen LogP contribution in [0.5, 0.6) is 0 Å². The predicted molar refractivity (Wildman–Crippen MR) is 21.6 cm³/mol. The van der Waals surface area contributed by atoms with Crippen LogP contribution in [-0.4, -0.2) is 6.07 Å². The molecule has 0 fully saturated rings. The summed E-state index contributed by atoms with van der Waals surface area (Å²) in [6, 6.07) is -0.732. The zero-order chi connectivity index (χ0) is 5.91. The predicted octanol–water partition coefficient (Wildman–Crippen LogP) is 2.25. The number of alkyl halides is 1. The molecule has 0 rings (SSSR count). The fourth-order valence-electron chi connectivity index (χ4n) is 0.0568. The van der Waals surface area contributed by atoms with Crippen molar-refractivity contribution >= 4 is 19.6 Å². The van der Waals surface area contributed by atoms with Crippen molar-refractivity contribution in [1.82, 2.24) is 0 Å². The summed E-state index contributed by atoms with van der Waals surface area (Å²) in [6.45, 7) is 0. The molecule has 0 saturated heterocycles. The Kier molecular flexibility index (Phi) is 2.73. The van der Waals surface area contributed by atoms with Crippen LogP contribution in [0.25, 0.3) is 0 Å². The van der Waals surface area contributed by atoms with E-state index in [0.29, 0.717) is 0 Å². The highest BCUT2D eigenvalue weighted by atomic mass is 35.5. The molecule has 6 heteroatoms. The molecule has 0 bridgehead atoms. The minimum absolute atomic E-state index is 0.732. The summed E-state index contributed by atoms with van der Waals surface area (Å²) in [4.78, 5) is 0. The Morgan fingerprint density at radius 2 is 2.14 bits per heavy atom. The van der Waals surface area contributed by atoms with Gasteiger partial charge < -0.3 is 0 Å². The van der Waals surface area contributed by atoms with Gasteiger partial charge >= 0.3 is 7.99 Å². The molecule has 0 aliphatic heterocycles. The molecule has 0 saturated carbocycles. The Bertz CT molecular complexity index is 89.7. The first-order valence-corrected chi connectivity index (χ1v) is 3.20. The van der Waals surface area contributed by atoms with E-state index in [1.165, 1.54) is 0 Å². The Balaban J connectivity index is 3.36. The summed E-state index contributed by atoms with van der Waals surface area (Å²) in [7, 11) is -5.30. The third kappa shape index (κ3) is 6.34. The van der Waals surface area contributed by atoms with Crippen molar-refractivity contribution in [2.75, 3.05) is 6.07 Å². The topological polar surface area (TPSA) is 26.3 Å². The van der Waals surface area contributed by atoms with Gasteiger partial charge in [0.15, 0.2) is 0 Å². The highest BCUT2D eigenvalue weighted by Crippen LogP contribution is 2.50. The van der Waals surface area contributed by atoms with Crippen molar-refractivity contribution in [3.05, 3.63) is 0 Å². The highest BCUT2D eigenvalue weighted by Gasteiger charge is 2.18. The third-order valence-electron chi connectivity index (χ3n) is 0.199. The van der Waals surface area contributed by atoms with E-state index in [1.54, 1.807) is 0 Å². The van der Waals surface area contributed by atoms with Gasteiger partial charge in [0, 0.05) is 0 Å². The van der Waals surface area contributed by atoms with E-state index in [9.17, 15) is 13.0 Å². The lowest BCUT2D eigenvalue weighted by atomic mass is 11.7. The van der Waals surface area contributed by atoms with Crippen molar-refractivity contribution in [3.8, 4) is 0 Å². The van der Waals surface area contributed by atoms with Crippen molar-refractivity contribution in [1.29, 1.82) is 0 Å². The Morgan fingerprint density at radius 3 is 2.14 bits per heavy atom. The SMILES string of the molecule is O=P(F)(F)OCCl. The lowest BCUT2D eigenvalue weighted by Gasteiger charge is -1.90. The van der Waals surface area contributed by atoms with Crippen LogP contribution in [0.3, 0.4) is 0 Å². The maximum absolute atomic E-state index is 11.0. The summed E-state index contributed by atoms with van der Waals surface area (Å²) in [5.74, 6) is 0. The van der Waals surface area contributed by atoms with E-state index in [2.05, 4.69) is 16.1 Å². The van der Waals surface area contributed by atoms with Crippen molar-refractivity contribution in [3.63, 3.8) is 0 Å². The van der Waals surface area contributed by atoms with Gasteiger partial charge in [0.05, 0.1) is 0 Å². The van der Waals surface area contributed by atoms with Gasteiger partial charge in [0.2, 0.25) is 0 Å². The molecule has 2 nitrogen and oxygen atoms in total. The molecule has 0 atom stereocenters. The van der Waals surface area contributed by atoms with Gasteiger partial charge in [-0.05, 0) is 0 Å². The largest absolute Gasteiger partial charge is 0.553 e. The van der Waals surface area contributed by atoms with Crippen molar-refractivity contribution in [2.24, 2.45) is 0 Å². The second-order valence-electron chi connectivity index (χ2n) is 0.653. The number of hydrogen-bond acceptors (Lipinski definition) is 2. The first-order chi connectivity index (χ1) is 3.06. The average Bonchev–Trinajstić information content (AvgIpc) is 1.30. The molecule has 0 aliphatic carbocycles. The van der Waals surface area contributed by atoms with Gasteiger partial charge in [-0.2, -0.15) is 0 Å². The molecule has 0 spiro atoms. The Morgan fingerprint density at radius 1 is 1.71 bits per heavy atom. The van der Waals surface area contributed by atoms with E-state index >= 15 is 0 Å². The van der Waals surface area contributed by atoms with E-state index in [0.717, 1.165) is 0 Å². The summed E-state index contributed by atoms with van der Waals surface area (Å²) < 4.78 is 34.3. The molecule has 0 N–H and O–H groups in total. The lowest BCUT2D eigenvalue weighted by molar-refractivity contribution is 0.299. The fraction of sp³-hybridized carbons (Fsp3) is 1.00. The van der Waals surface area contributed by atoms with Gasteiger partial charge in [0.25, 0.3) is 0 Å². The van der Waals surface area contributed by atoms with Crippen LogP contribution < -0.4 is 0 Å². The molecule has 0 aromatic carbocycles.